The molecule has 70 heavy (non-hydrogen) atoms. The van der Waals surface area contributed by atoms with Crippen LogP contribution in [0.4, 0.5) is 0 Å². The minimum Gasteiger partial charge on any atom is -0.379 e. The van der Waals surface area contributed by atoms with Crippen LogP contribution in [0.3, 0.4) is 0 Å². The van der Waals surface area contributed by atoms with Crippen LogP contribution in [0.2, 0.25) is 0 Å². The summed E-state index contributed by atoms with van der Waals surface area (Å²) < 4.78 is 81.4. The summed E-state index contributed by atoms with van der Waals surface area (Å²) in [6.45, 7) is 17.1. The van der Waals surface area contributed by atoms with Gasteiger partial charge in [0.15, 0.2) is 0 Å². The molecule has 0 aromatic heterocycles. The first-order valence-electron chi connectivity index (χ1n) is 24.8. The quantitative estimate of drug-likeness (QED) is 0.0330. The van der Waals surface area contributed by atoms with E-state index in [0.29, 0.717) is 237 Å². The van der Waals surface area contributed by atoms with Crippen LogP contribution in [-0.2, 0) is 85.4 Å². The fourth-order valence-electron chi connectivity index (χ4n) is 5.35. The van der Waals surface area contributed by atoms with Crippen LogP contribution in [0.1, 0.15) is 19.3 Å². The highest BCUT2D eigenvalue weighted by atomic mass is 16.6. The number of hydrogen-bond acceptors (Lipinski definition) is 22. The molecule has 416 valence electrons. The first kappa shape index (κ1) is 67.6. The van der Waals surface area contributed by atoms with Gasteiger partial charge in [-0.1, -0.05) is 0 Å². The lowest BCUT2D eigenvalue weighted by atomic mass is 10.3. The van der Waals surface area contributed by atoms with Gasteiger partial charge < -0.3 is 104 Å². The predicted molar refractivity (Wildman–Crippen MR) is 259 cm³/mol. The molecule has 0 aliphatic rings. The van der Waals surface area contributed by atoms with Gasteiger partial charge in [0.25, 0.3) is 0 Å². The van der Waals surface area contributed by atoms with E-state index in [-0.39, 0.29) is 56.8 Å². The lowest BCUT2D eigenvalue weighted by Crippen LogP contribution is -2.43. The summed E-state index contributed by atoms with van der Waals surface area (Å²) in [7, 11) is 0. The Balaban J connectivity index is 4.26. The SMILES string of the molecule is NCCOCCOCCOCCOCCOCCC(=O)NCCN(CCNC(=O)CCOCCOCCOCCOCCOCCN)CCNC(=O)CCOCCOCCOCCOCCOCCN. The van der Waals surface area contributed by atoms with Gasteiger partial charge in [0, 0.05) is 78.2 Å². The minimum absolute atomic E-state index is 0.147. The molecule has 0 saturated heterocycles. The number of rotatable bonds is 60. The maximum Gasteiger partial charge on any atom is 0.222 e. The van der Waals surface area contributed by atoms with Crippen molar-refractivity contribution in [1.29, 1.82) is 0 Å². The standard InChI is InChI=1S/C45H93N7O18/c46-4-16-59-22-28-65-34-40-68-37-31-62-25-19-56-13-1-43(53)49-7-10-52(11-8-50-44(54)2-14-57-20-26-63-32-38-69-41-35-66-29-23-60-17-5-47)12-9-51-45(55)3-15-58-21-27-64-33-39-70-42-36-67-30-24-61-18-6-48/h1-42,46-48H2,(H,49,53)(H,50,54)(H,51,55). The molecular weight excluding hydrogens is 927 g/mol. The number of ether oxygens (including phenoxy) is 15. The van der Waals surface area contributed by atoms with Crippen molar-refractivity contribution < 1.29 is 85.4 Å². The summed E-state index contributed by atoms with van der Waals surface area (Å²) in [4.78, 5) is 39.5. The topological polar surface area (TPSA) is 307 Å². The van der Waals surface area contributed by atoms with Crippen LogP contribution in [0.5, 0.6) is 0 Å². The fourth-order valence-corrected chi connectivity index (χ4v) is 5.35. The normalized spacial score (nSPS) is 11.5. The van der Waals surface area contributed by atoms with E-state index in [9.17, 15) is 14.4 Å². The second kappa shape index (κ2) is 59.2. The Morgan fingerprint density at radius 1 is 0.257 bits per heavy atom. The molecule has 0 atom stereocenters. The molecular formula is C45H93N7O18. The van der Waals surface area contributed by atoms with Gasteiger partial charge in [-0.15, -0.1) is 0 Å². The van der Waals surface area contributed by atoms with E-state index in [1.807, 2.05) is 0 Å². The maximum absolute atomic E-state index is 12.5. The molecule has 0 spiro atoms. The molecule has 0 bridgehead atoms. The van der Waals surface area contributed by atoms with Gasteiger partial charge in [-0.3, -0.25) is 19.3 Å². The van der Waals surface area contributed by atoms with Crippen molar-refractivity contribution in [3.05, 3.63) is 0 Å². The van der Waals surface area contributed by atoms with Gasteiger partial charge in [0.05, 0.1) is 198 Å². The van der Waals surface area contributed by atoms with Crippen molar-refractivity contribution in [2.24, 2.45) is 17.2 Å². The summed E-state index contributed by atoms with van der Waals surface area (Å²) >= 11 is 0. The maximum atomic E-state index is 12.5. The average Bonchev–Trinajstić information content (AvgIpc) is 3.35. The van der Waals surface area contributed by atoms with Crippen molar-refractivity contribution in [3.8, 4) is 0 Å². The Hall–Kier alpha value is -2.35. The van der Waals surface area contributed by atoms with E-state index in [4.69, 9.17) is 88.3 Å². The number of nitrogens with zero attached hydrogens (tertiary/aromatic N) is 1. The van der Waals surface area contributed by atoms with Gasteiger partial charge in [-0.25, -0.2) is 0 Å². The number of hydrogen-bond donors (Lipinski definition) is 6. The molecule has 25 heteroatoms. The first-order valence-corrected chi connectivity index (χ1v) is 24.8. The monoisotopic (exact) mass is 1020 g/mol. The second-order valence-corrected chi connectivity index (χ2v) is 14.7. The molecule has 0 radical (unpaired) electrons. The molecule has 0 heterocycles. The van der Waals surface area contributed by atoms with E-state index in [1.165, 1.54) is 0 Å². The lowest BCUT2D eigenvalue weighted by Gasteiger charge is -2.23. The summed E-state index contributed by atoms with van der Waals surface area (Å²) in [5.41, 5.74) is 16.1. The molecule has 0 fully saturated rings. The largest absolute Gasteiger partial charge is 0.379 e. The molecule has 3 amide bonds. The smallest absolute Gasteiger partial charge is 0.222 e. The van der Waals surface area contributed by atoms with Gasteiger partial charge in [0.1, 0.15) is 0 Å². The number of nitrogens with one attached hydrogen (secondary N) is 3. The molecule has 0 saturated carbocycles. The summed E-state index contributed by atoms with van der Waals surface area (Å²) in [6.07, 6.45) is 0.597. The average molecular weight is 1020 g/mol. The Kier molecular flexibility index (Phi) is 57.2. The Labute approximate surface area is 416 Å². The highest BCUT2D eigenvalue weighted by Crippen LogP contribution is 1.93. The summed E-state index contributed by atoms with van der Waals surface area (Å²) in [5, 5.41) is 8.74. The Bertz CT molecular complexity index is 974. The van der Waals surface area contributed by atoms with Crippen LogP contribution in [0.15, 0.2) is 0 Å². The zero-order valence-electron chi connectivity index (χ0n) is 42.2. The molecule has 9 N–H and O–H groups in total. The predicted octanol–water partition coefficient (Wildman–Crippen LogP) is -3.07. The van der Waals surface area contributed by atoms with Crippen molar-refractivity contribution in [1.82, 2.24) is 20.9 Å². The van der Waals surface area contributed by atoms with Crippen molar-refractivity contribution in [2.75, 3.05) is 257 Å². The lowest BCUT2D eigenvalue weighted by molar-refractivity contribution is -0.123. The molecule has 0 aromatic carbocycles. The molecule has 0 aliphatic carbocycles. The molecule has 25 nitrogen and oxygen atoms in total. The van der Waals surface area contributed by atoms with Crippen LogP contribution in [-0.4, -0.2) is 280 Å². The second-order valence-electron chi connectivity index (χ2n) is 14.7. The van der Waals surface area contributed by atoms with Crippen LogP contribution in [0.25, 0.3) is 0 Å². The molecule has 0 rings (SSSR count). The van der Waals surface area contributed by atoms with Crippen LogP contribution >= 0.6 is 0 Å². The Morgan fingerprint density at radius 2 is 0.414 bits per heavy atom. The van der Waals surface area contributed by atoms with Crippen LogP contribution in [0, 0.1) is 0 Å². The first-order chi connectivity index (χ1) is 34.5. The van der Waals surface area contributed by atoms with E-state index < -0.39 is 0 Å². The van der Waals surface area contributed by atoms with E-state index >= 15 is 0 Å². The number of carbonyl (C=O) groups excluding carboxylic acids is 3. The van der Waals surface area contributed by atoms with Crippen molar-refractivity contribution in [2.45, 2.75) is 19.3 Å². The zero-order chi connectivity index (χ0) is 50.7. The highest BCUT2D eigenvalue weighted by molar-refractivity contribution is 5.76. The van der Waals surface area contributed by atoms with Gasteiger partial charge in [-0.05, 0) is 0 Å². The van der Waals surface area contributed by atoms with E-state index in [2.05, 4.69) is 20.9 Å². The summed E-state index contributed by atoms with van der Waals surface area (Å²) in [6, 6.07) is 0. The third-order valence-corrected chi connectivity index (χ3v) is 8.92. The molecule has 0 aromatic rings. The third-order valence-electron chi connectivity index (χ3n) is 8.92. The van der Waals surface area contributed by atoms with E-state index in [0.717, 1.165) is 0 Å². The van der Waals surface area contributed by atoms with Crippen LogP contribution < -0.4 is 33.2 Å². The van der Waals surface area contributed by atoms with E-state index in [1.54, 1.807) is 0 Å². The zero-order valence-corrected chi connectivity index (χ0v) is 42.2. The van der Waals surface area contributed by atoms with Gasteiger partial charge in [-0.2, -0.15) is 0 Å². The Morgan fingerprint density at radius 3 is 0.586 bits per heavy atom. The van der Waals surface area contributed by atoms with Crippen molar-refractivity contribution >= 4 is 17.7 Å². The minimum atomic E-state index is -0.147. The summed E-state index contributed by atoms with van der Waals surface area (Å²) in [5.74, 6) is -0.442. The molecule has 0 aliphatic heterocycles. The van der Waals surface area contributed by atoms with Gasteiger partial charge in [0.2, 0.25) is 17.7 Å². The van der Waals surface area contributed by atoms with Gasteiger partial charge >= 0.3 is 0 Å². The molecule has 0 unspecified atom stereocenters. The number of amides is 3. The third kappa shape index (κ3) is 56.6. The number of nitrogens with two attached hydrogens (primary N) is 3. The fraction of sp³-hybridized carbons (Fsp3) is 0.933. The number of carbonyl (C=O) groups is 3. The highest BCUT2D eigenvalue weighted by Gasteiger charge is 2.10. The van der Waals surface area contributed by atoms with Crippen molar-refractivity contribution in [3.63, 3.8) is 0 Å².